The van der Waals surface area contributed by atoms with Crippen LogP contribution in [-0.4, -0.2) is 103 Å². The molecular formula is C36H39F3N6O5S3. The van der Waals surface area contributed by atoms with Gasteiger partial charge in [-0.05, 0) is 62.4 Å². The van der Waals surface area contributed by atoms with Crippen LogP contribution in [0.1, 0.15) is 22.4 Å². The number of halogens is 3. The van der Waals surface area contributed by atoms with E-state index in [0.29, 0.717) is 23.9 Å². The number of nitrogens with zero attached hydrogens (tertiary/aromatic N) is 5. The standard InChI is InChI=1S/C22H26F3N3OS.C14H13N3O4S2/c23-22(24,25)17-6-7-21-19(16-17)28(18-4-1-2-5-20(18)30-21)9-3-8-26-10-12-27(13-11-26)14-15-29;1-8-7-15-14(22-8)16-13(19)11-12(18)9-5-3-4-6-10(9)23(20,21)17(11)2/h1-2,4-7,16,29H,3,8-15H2;3-7,18H,1-2H3,(H,15,16,19). The van der Waals surface area contributed by atoms with Crippen molar-refractivity contribution in [3.8, 4) is 0 Å². The molecule has 3 aliphatic rings. The Morgan fingerprint density at radius 3 is 2.26 bits per heavy atom. The van der Waals surface area contributed by atoms with Crippen LogP contribution in [0.3, 0.4) is 0 Å². The summed E-state index contributed by atoms with van der Waals surface area (Å²) in [4.78, 5) is 25.9. The molecule has 0 bridgehead atoms. The van der Waals surface area contributed by atoms with E-state index in [1.807, 2.05) is 36.1 Å². The number of rotatable bonds is 8. The van der Waals surface area contributed by atoms with Crippen molar-refractivity contribution in [2.24, 2.45) is 0 Å². The number of sulfonamides is 1. The first-order valence-electron chi connectivity index (χ1n) is 16.8. The molecule has 7 rings (SSSR count). The van der Waals surface area contributed by atoms with Crippen LogP contribution in [0.2, 0.25) is 0 Å². The van der Waals surface area contributed by atoms with Gasteiger partial charge in [-0.15, -0.1) is 11.3 Å². The fourth-order valence-corrected chi connectivity index (χ4v) is 9.46. The van der Waals surface area contributed by atoms with E-state index in [4.69, 9.17) is 5.11 Å². The van der Waals surface area contributed by atoms with E-state index < -0.39 is 27.7 Å². The number of piperazine rings is 1. The van der Waals surface area contributed by atoms with Gasteiger partial charge < -0.3 is 20.0 Å². The number of amides is 1. The molecule has 3 N–H and O–H groups in total. The van der Waals surface area contributed by atoms with Crippen molar-refractivity contribution in [3.05, 3.63) is 94.6 Å². The number of anilines is 3. The van der Waals surface area contributed by atoms with E-state index in [1.165, 1.54) is 54.4 Å². The number of carbonyl (C=O) groups is 1. The molecule has 1 saturated heterocycles. The second-order valence-electron chi connectivity index (χ2n) is 12.6. The minimum Gasteiger partial charge on any atom is -0.505 e. The number of aromatic nitrogens is 1. The number of aliphatic hydroxyl groups is 2. The number of fused-ring (bicyclic) bond motifs is 3. The molecule has 11 nitrogen and oxygen atoms in total. The van der Waals surface area contributed by atoms with Gasteiger partial charge in [-0.2, -0.15) is 13.2 Å². The van der Waals surface area contributed by atoms with Crippen molar-refractivity contribution in [3.63, 3.8) is 0 Å². The van der Waals surface area contributed by atoms with E-state index in [9.17, 15) is 31.5 Å². The molecule has 1 fully saturated rings. The molecule has 1 aromatic heterocycles. The summed E-state index contributed by atoms with van der Waals surface area (Å²) in [7, 11) is -2.67. The Bertz CT molecular complexity index is 2100. The molecule has 282 valence electrons. The van der Waals surface area contributed by atoms with E-state index >= 15 is 0 Å². The zero-order valence-electron chi connectivity index (χ0n) is 29.0. The highest BCUT2D eigenvalue weighted by atomic mass is 32.2. The minimum absolute atomic E-state index is 0.0401. The quantitative estimate of drug-likeness (QED) is 0.188. The third-order valence-corrected chi connectivity index (χ3v) is 12.8. The summed E-state index contributed by atoms with van der Waals surface area (Å²) in [6.45, 7) is 8.12. The lowest BCUT2D eigenvalue weighted by Gasteiger charge is -2.36. The lowest BCUT2D eigenvalue weighted by Crippen LogP contribution is -2.47. The van der Waals surface area contributed by atoms with E-state index in [0.717, 1.165) is 63.8 Å². The van der Waals surface area contributed by atoms with Gasteiger partial charge in [-0.3, -0.25) is 19.3 Å². The molecule has 0 unspecified atom stereocenters. The maximum absolute atomic E-state index is 13.3. The topological polar surface area (TPSA) is 130 Å². The highest BCUT2D eigenvalue weighted by Crippen LogP contribution is 2.49. The summed E-state index contributed by atoms with van der Waals surface area (Å²) in [5.74, 6) is -1.12. The third-order valence-electron chi connectivity index (χ3n) is 9.07. The average Bonchev–Trinajstić information content (AvgIpc) is 3.55. The van der Waals surface area contributed by atoms with Crippen LogP contribution in [0.15, 0.2) is 93.3 Å². The van der Waals surface area contributed by atoms with E-state index in [-0.39, 0.29) is 28.5 Å². The molecule has 3 aromatic carbocycles. The van der Waals surface area contributed by atoms with Crippen LogP contribution < -0.4 is 10.2 Å². The molecule has 3 aliphatic heterocycles. The third kappa shape index (κ3) is 8.50. The largest absolute Gasteiger partial charge is 0.505 e. The molecule has 0 aliphatic carbocycles. The molecule has 4 heterocycles. The van der Waals surface area contributed by atoms with Crippen molar-refractivity contribution >= 4 is 61.3 Å². The first-order chi connectivity index (χ1) is 25.3. The predicted molar refractivity (Wildman–Crippen MR) is 200 cm³/mol. The molecule has 4 aromatic rings. The number of nitrogens with one attached hydrogen (secondary N) is 1. The van der Waals surface area contributed by atoms with Crippen LogP contribution >= 0.6 is 23.1 Å². The maximum Gasteiger partial charge on any atom is 0.416 e. The van der Waals surface area contributed by atoms with Crippen molar-refractivity contribution in [2.45, 2.75) is 34.2 Å². The van der Waals surface area contributed by atoms with Crippen LogP contribution in [0.5, 0.6) is 0 Å². The SMILES string of the molecule is Cc1cnc(NC(=O)C2=C(O)c3ccccc3S(=O)(=O)N2C)s1.OCCN1CCN(CCCN2c3ccccc3Sc3ccc(C(F)(F)F)cc32)CC1. The number of likely N-dealkylation sites (N-methyl/N-ethyl adjacent to an activating group) is 1. The summed E-state index contributed by atoms with van der Waals surface area (Å²) >= 11 is 2.78. The smallest absolute Gasteiger partial charge is 0.416 e. The predicted octanol–water partition coefficient (Wildman–Crippen LogP) is 6.26. The van der Waals surface area contributed by atoms with Crippen LogP contribution in [0, 0.1) is 6.92 Å². The molecule has 1 amide bonds. The zero-order valence-corrected chi connectivity index (χ0v) is 31.5. The van der Waals surface area contributed by atoms with Crippen molar-refractivity contribution in [1.82, 2.24) is 19.1 Å². The summed E-state index contributed by atoms with van der Waals surface area (Å²) in [5, 5.41) is 22.3. The number of hydrogen-bond donors (Lipinski definition) is 3. The molecule has 0 radical (unpaired) electrons. The van der Waals surface area contributed by atoms with E-state index in [1.54, 1.807) is 24.4 Å². The number of β-amino-alcohol motifs (C(OH)–C–C–N with tert-alkyl or cyclic N) is 1. The molecular weight excluding hydrogens is 750 g/mol. The fourth-order valence-electron chi connectivity index (χ4n) is 6.33. The molecule has 17 heteroatoms. The fraction of sp³-hybridized carbons (Fsp3) is 0.333. The monoisotopic (exact) mass is 788 g/mol. The van der Waals surface area contributed by atoms with E-state index in [2.05, 4.69) is 20.1 Å². The Balaban J connectivity index is 0.000000188. The van der Waals surface area contributed by atoms with Gasteiger partial charge in [0, 0.05) is 72.7 Å². The first-order valence-corrected chi connectivity index (χ1v) is 19.9. The second kappa shape index (κ2) is 16.1. The molecule has 0 spiro atoms. The highest BCUT2D eigenvalue weighted by Gasteiger charge is 2.38. The normalized spacial score (nSPS) is 17.0. The highest BCUT2D eigenvalue weighted by molar-refractivity contribution is 7.99. The number of benzene rings is 3. The molecule has 53 heavy (non-hydrogen) atoms. The summed E-state index contributed by atoms with van der Waals surface area (Å²) in [6, 6.07) is 17.9. The van der Waals surface area contributed by atoms with Crippen molar-refractivity contribution < 1.29 is 36.6 Å². The molecule has 0 atom stereocenters. The summed E-state index contributed by atoms with van der Waals surface area (Å²) < 4.78 is 65.7. The van der Waals surface area contributed by atoms with Gasteiger partial charge in [0.05, 0.1) is 28.4 Å². The minimum atomic E-state index is -4.35. The van der Waals surface area contributed by atoms with Gasteiger partial charge >= 0.3 is 6.18 Å². The first kappa shape index (κ1) is 38.6. The number of hydrogen-bond acceptors (Lipinski definition) is 11. The van der Waals surface area contributed by atoms with Gasteiger partial charge in [0.1, 0.15) is 0 Å². The Hall–Kier alpha value is -4.13. The number of aliphatic hydroxyl groups excluding tert-OH is 2. The zero-order chi connectivity index (χ0) is 37.9. The average molecular weight is 789 g/mol. The lowest BCUT2D eigenvalue weighted by molar-refractivity contribution is -0.137. The lowest BCUT2D eigenvalue weighted by atomic mass is 10.1. The Morgan fingerprint density at radius 1 is 0.925 bits per heavy atom. The maximum atomic E-state index is 13.3. The van der Waals surface area contributed by atoms with Crippen molar-refractivity contribution in [2.75, 3.05) is 69.7 Å². The number of carbonyl (C=O) groups excluding carboxylic acids is 1. The Labute approximate surface area is 314 Å². The van der Waals surface area contributed by atoms with Crippen LogP contribution in [-0.2, 0) is 21.0 Å². The summed E-state index contributed by atoms with van der Waals surface area (Å²) in [6.07, 6.45) is -1.89. The number of aryl methyl sites for hydroxylation is 1. The van der Waals surface area contributed by atoms with Crippen LogP contribution in [0.4, 0.5) is 29.7 Å². The van der Waals surface area contributed by atoms with Gasteiger partial charge in [-0.25, -0.2) is 13.4 Å². The number of thiazole rings is 1. The van der Waals surface area contributed by atoms with Gasteiger partial charge in [0.15, 0.2) is 16.6 Å². The number of para-hydroxylation sites is 1. The van der Waals surface area contributed by atoms with Gasteiger partial charge in [0.2, 0.25) is 0 Å². The summed E-state index contributed by atoms with van der Waals surface area (Å²) in [5.41, 5.74) is 0.775. The Morgan fingerprint density at radius 2 is 1.58 bits per heavy atom. The molecule has 0 saturated carbocycles. The van der Waals surface area contributed by atoms with Gasteiger partial charge in [0.25, 0.3) is 15.9 Å². The van der Waals surface area contributed by atoms with Gasteiger partial charge in [-0.1, -0.05) is 36.0 Å². The number of alkyl halides is 3. The van der Waals surface area contributed by atoms with Crippen LogP contribution in [0.25, 0.3) is 5.76 Å². The Kier molecular flexibility index (Phi) is 11.7. The second-order valence-corrected chi connectivity index (χ2v) is 16.8. The van der Waals surface area contributed by atoms with Crippen molar-refractivity contribution in [1.29, 1.82) is 0 Å².